The van der Waals surface area contributed by atoms with Gasteiger partial charge in [-0.15, -0.1) is 0 Å². The Hall–Kier alpha value is -2.24. The van der Waals surface area contributed by atoms with E-state index in [1.807, 2.05) is 6.07 Å². The van der Waals surface area contributed by atoms with Crippen LogP contribution in [-0.4, -0.2) is 38.0 Å². The predicted octanol–water partition coefficient (Wildman–Crippen LogP) is 0.733. The number of rotatable bonds is 3. The molecule has 0 unspecified atom stereocenters. The molecule has 6 nitrogen and oxygen atoms in total. The Morgan fingerprint density at radius 1 is 1.29 bits per heavy atom. The number of nitrogens with two attached hydrogens (primary N) is 1. The molecule has 1 aromatic rings. The molecule has 0 bridgehead atoms. The van der Waals surface area contributed by atoms with E-state index in [1.54, 1.807) is 19.2 Å². The summed E-state index contributed by atoms with van der Waals surface area (Å²) in [6.07, 6.45) is 1.73. The average molecular weight is 290 g/mol. The summed E-state index contributed by atoms with van der Waals surface area (Å²) in [4.78, 5) is 25.2. The van der Waals surface area contributed by atoms with Crippen molar-refractivity contribution in [3.05, 3.63) is 23.8 Å². The monoisotopic (exact) mass is 290 g/mol. The Balaban J connectivity index is 2.14. The van der Waals surface area contributed by atoms with Gasteiger partial charge < -0.3 is 21.3 Å². The van der Waals surface area contributed by atoms with Crippen molar-refractivity contribution in [2.75, 3.05) is 30.8 Å². The van der Waals surface area contributed by atoms with Crippen LogP contribution in [-0.2, 0) is 4.79 Å². The topological polar surface area (TPSA) is 87.5 Å². The Kier molecular flexibility index (Phi) is 4.67. The van der Waals surface area contributed by atoms with E-state index in [1.165, 1.54) is 6.92 Å². The number of carbonyl (C=O) groups excluding carboxylic acids is 2. The lowest BCUT2D eigenvalue weighted by Crippen LogP contribution is -2.44. The van der Waals surface area contributed by atoms with Crippen molar-refractivity contribution in [1.29, 1.82) is 0 Å². The molecule has 1 saturated heterocycles. The van der Waals surface area contributed by atoms with Crippen molar-refractivity contribution in [1.82, 2.24) is 10.6 Å². The van der Waals surface area contributed by atoms with Gasteiger partial charge in [0.1, 0.15) is 0 Å². The second kappa shape index (κ2) is 6.47. The standard InChI is InChI=1S/C15H22N4O2/c1-10(20)18-12-5-7-19(8-6-12)14-9-11(16)3-4-13(14)15(21)17-2/h3-4,9,12H,5-8,16H2,1-2H3,(H,17,21)(H,18,20). The van der Waals surface area contributed by atoms with Crippen LogP contribution >= 0.6 is 0 Å². The fraction of sp³-hybridized carbons (Fsp3) is 0.467. The van der Waals surface area contributed by atoms with Gasteiger partial charge in [-0.1, -0.05) is 0 Å². The van der Waals surface area contributed by atoms with E-state index >= 15 is 0 Å². The number of hydrogen-bond acceptors (Lipinski definition) is 4. The van der Waals surface area contributed by atoms with Crippen LogP contribution in [0.2, 0.25) is 0 Å². The van der Waals surface area contributed by atoms with Gasteiger partial charge in [0.15, 0.2) is 0 Å². The number of carbonyl (C=O) groups is 2. The van der Waals surface area contributed by atoms with E-state index in [2.05, 4.69) is 15.5 Å². The molecule has 2 amide bonds. The van der Waals surface area contributed by atoms with Gasteiger partial charge in [-0.3, -0.25) is 9.59 Å². The van der Waals surface area contributed by atoms with Gasteiger partial charge in [-0.2, -0.15) is 0 Å². The van der Waals surface area contributed by atoms with Crippen molar-refractivity contribution in [3.63, 3.8) is 0 Å². The normalized spacial score (nSPS) is 15.6. The number of nitrogen functional groups attached to an aromatic ring is 1. The first-order valence-electron chi connectivity index (χ1n) is 7.15. The number of nitrogens with zero attached hydrogens (tertiary/aromatic N) is 1. The third-order valence-corrected chi connectivity index (χ3v) is 3.74. The first-order chi connectivity index (χ1) is 10.0. The van der Waals surface area contributed by atoms with E-state index in [-0.39, 0.29) is 17.9 Å². The number of hydrogen-bond donors (Lipinski definition) is 3. The highest BCUT2D eigenvalue weighted by molar-refractivity contribution is 6.00. The lowest BCUT2D eigenvalue weighted by Gasteiger charge is -2.34. The smallest absolute Gasteiger partial charge is 0.253 e. The molecule has 0 atom stereocenters. The van der Waals surface area contributed by atoms with Gasteiger partial charge in [-0.05, 0) is 31.0 Å². The maximum absolute atomic E-state index is 12.0. The minimum Gasteiger partial charge on any atom is -0.399 e. The highest BCUT2D eigenvalue weighted by Crippen LogP contribution is 2.26. The Labute approximate surface area is 124 Å². The Bertz CT molecular complexity index is 536. The molecule has 1 aliphatic heterocycles. The minimum absolute atomic E-state index is 0.00320. The van der Waals surface area contributed by atoms with Crippen LogP contribution in [0.1, 0.15) is 30.1 Å². The molecule has 114 valence electrons. The zero-order valence-corrected chi connectivity index (χ0v) is 12.5. The third-order valence-electron chi connectivity index (χ3n) is 3.74. The summed E-state index contributed by atoms with van der Waals surface area (Å²) in [5.74, 6) is -0.113. The first kappa shape index (κ1) is 15.2. The summed E-state index contributed by atoms with van der Waals surface area (Å²) in [5, 5.41) is 5.60. The predicted molar refractivity (Wildman–Crippen MR) is 83.3 cm³/mol. The summed E-state index contributed by atoms with van der Waals surface area (Å²) in [6, 6.07) is 5.54. The van der Waals surface area contributed by atoms with Crippen molar-refractivity contribution in [2.24, 2.45) is 0 Å². The van der Waals surface area contributed by atoms with Crippen molar-refractivity contribution in [3.8, 4) is 0 Å². The first-order valence-corrected chi connectivity index (χ1v) is 7.15. The summed E-state index contributed by atoms with van der Waals surface area (Å²) >= 11 is 0. The molecule has 0 radical (unpaired) electrons. The highest BCUT2D eigenvalue weighted by atomic mass is 16.2. The van der Waals surface area contributed by atoms with Crippen LogP contribution in [0.25, 0.3) is 0 Å². The zero-order chi connectivity index (χ0) is 15.4. The fourth-order valence-electron chi connectivity index (χ4n) is 2.69. The number of benzene rings is 1. The Morgan fingerprint density at radius 3 is 2.52 bits per heavy atom. The second-order valence-electron chi connectivity index (χ2n) is 5.32. The van der Waals surface area contributed by atoms with Gasteiger partial charge in [-0.25, -0.2) is 0 Å². The second-order valence-corrected chi connectivity index (χ2v) is 5.32. The third kappa shape index (κ3) is 3.65. The lowest BCUT2D eigenvalue weighted by atomic mass is 10.0. The molecule has 0 spiro atoms. The summed E-state index contributed by atoms with van der Waals surface area (Å²) in [6.45, 7) is 3.12. The molecule has 1 aromatic carbocycles. The largest absolute Gasteiger partial charge is 0.399 e. The SMILES string of the molecule is CNC(=O)c1ccc(N)cc1N1CCC(NC(C)=O)CC1. The van der Waals surface area contributed by atoms with E-state index in [4.69, 9.17) is 5.73 Å². The van der Waals surface area contributed by atoms with Crippen molar-refractivity contribution in [2.45, 2.75) is 25.8 Å². The van der Waals surface area contributed by atoms with Crippen LogP contribution in [0.5, 0.6) is 0 Å². The highest BCUT2D eigenvalue weighted by Gasteiger charge is 2.23. The van der Waals surface area contributed by atoms with Crippen LogP contribution < -0.4 is 21.3 Å². The number of nitrogens with one attached hydrogen (secondary N) is 2. The maximum Gasteiger partial charge on any atom is 0.253 e. The molecule has 21 heavy (non-hydrogen) atoms. The number of anilines is 2. The maximum atomic E-state index is 12.0. The van der Waals surface area contributed by atoms with Gasteiger partial charge in [0.05, 0.1) is 11.3 Å². The van der Waals surface area contributed by atoms with Gasteiger partial charge in [0.25, 0.3) is 5.91 Å². The molecule has 0 aromatic heterocycles. The van der Waals surface area contributed by atoms with E-state index in [0.717, 1.165) is 31.6 Å². The summed E-state index contributed by atoms with van der Waals surface area (Å²) in [7, 11) is 1.62. The molecule has 1 fully saturated rings. The van der Waals surface area contributed by atoms with Crippen LogP contribution in [0.4, 0.5) is 11.4 Å². The van der Waals surface area contributed by atoms with E-state index < -0.39 is 0 Å². The van der Waals surface area contributed by atoms with Crippen molar-refractivity contribution < 1.29 is 9.59 Å². The van der Waals surface area contributed by atoms with Gasteiger partial charge >= 0.3 is 0 Å². The molecule has 1 heterocycles. The van der Waals surface area contributed by atoms with E-state index in [9.17, 15) is 9.59 Å². The molecule has 0 saturated carbocycles. The molecule has 4 N–H and O–H groups in total. The van der Waals surface area contributed by atoms with Gasteiger partial charge in [0.2, 0.25) is 5.91 Å². The molecule has 2 rings (SSSR count). The minimum atomic E-state index is -0.117. The molecular weight excluding hydrogens is 268 g/mol. The zero-order valence-electron chi connectivity index (χ0n) is 12.5. The van der Waals surface area contributed by atoms with Gasteiger partial charge in [0, 0.05) is 38.8 Å². The quantitative estimate of drug-likeness (QED) is 0.716. The number of piperidine rings is 1. The molecular formula is C15H22N4O2. The fourth-order valence-corrected chi connectivity index (χ4v) is 2.69. The molecule has 6 heteroatoms. The molecule has 1 aliphatic rings. The molecule has 0 aliphatic carbocycles. The Morgan fingerprint density at radius 2 is 1.95 bits per heavy atom. The van der Waals surface area contributed by atoms with Crippen LogP contribution in [0.15, 0.2) is 18.2 Å². The van der Waals surface area contributed by atoms with E-state index in [0.29, 0.717) is 11.3 Å². The average Bonchev–Trinajstić information content (AvgIpc) is 2.46. The summed E-state index contributed by atoms with van der Waals surface area (Å²) < 4.78 is 0. The lowest BCUT2D eigenvalue weighted by molar-refractivity contribution is -0.119. The van der Waals surface area contributed by atoms with Crippen molar-refractivity contribution >= 4 is 23.2 Å². The van der Waals surface area contributed by atoms with Crippen LogP contribution in [0, 0.1) is 0 Å². The summed E-state index contributed by atoms with van der Waals surface area (Å²) in [5.41, 5.74) is 7.98. The van der Waals surface area contributed by atoms with Crippen LogP contribution in [0.3, 0.4) is 0 Å². The number of amides is 2.